The predicted octanol–water partition coefficient (Wildman–Crippen LogP) is 4.82. The van der Waals surface area contributed by atoms with Gasteiger partial charge in [0, 0.05) is 0 Å². The van der Waals surface area contributed by atoms with Gasteiger partial charge in [0.25, 0.3) is 0 Å². The quantitative estimate of drug-likeness (QED) is 0.809. The van der Waals surface area contributed by atoms with Gasteiger partial charge >= 0.3 is 5.97 Å². The van der Waals surface area contributed by atoms with Crippen LogP contribution in [0.25, 0.3) is 10.8 Å². The van der Waals surface area contributed by atoms with Gasteiger partial charge in [-0.2, -0.15) is 0 Å². The number of carbonyl (C=O) groups excluding carboxylic acids is 1. The SMILES string of the molecule is O=C(OC1CCCCCCC1)c1ccc2cc(O)ccc2c1. The van der Waals surface area contributed by atoms with Crippen LogP contribution in [0.4, 0.5) is 0 Å². The highest BCUT2D eigenvalue weighted by Crippen LogP contribution is 2.23. The molecule has 0 unspecified atom stereocenters. The average molecular weight is 298 g/mol. The van der Waals surface area contributed by atoms with Crippen LogP contribution in [0.5, 0.6) is 5.75 Å². The molecule has 0 spiro atoms. The lowest BCUT2D eigenvalue weighted by Crippen LogP contribution is -2.19. The molecule has 1 aliphatic carbocycles. The molecule has 1 aliphatic rings. The molecule has 3 nitrogen and oxygen atoms in total. The van der Waals surface area contributed by atoms with Crippen LogP contribution in [0.2, 0.25) is 0 Å². The minimum Gasteiger partial charge on any atom is -0.508 e. The molecule has 0 heterocycles. The molecule has 22 heavy (non-hydrogen) atoms. The van der Waals surface area contributed by atoms with Crippen molar-refractivity contribution in [3.8, 4) is 5.75 Å². The van der Waals surface area contributed by atoms with Crippen molar-refractivity contribution in [1.29, 1.82) is 0 Å². The maximum Gasteiger partial charge on any atom is 0.338 e. The number of esters is 1. The summed E-state index contributed by atoms with van der Waals surface area (Å²) in [4.78, 5) is 12.4. The topological polar surface area (TPSA) is 46.5 Å². The second kappa shape index (κ2) is 6.82. The molecule has 2 aromatic carbocycles. The fourth-order valence-corrected chi connectivity index (χ4v) is 3.12. The fourth-order valence-electron chi connectivity index (χ4n) is 3.12. The van der Waals surface area contributed by atoms with Gasteiger partial charge in [0.05, 0.1) is 5.56 Å². The molecular weight excluding hydrogens is 276 g/mol. The Bertz CT molecular complexity index is 655. The molecule has 0 bridgehead atoms. The summed E-state index contributed by atoms with van der Waals surface area (Å²) in [5, 5.41) is 11.3. The van der Waals surface area contributed by atoms with Crippen LogP contribution in [0.3, 0.4) is 0 Å². The van der Waals surface area contributed by atoms with E-state index in [9.17, 15) is 9.90 Å². The van der Waals surface area contributed by atoms with E-state index in [1.165, 1.54) is 19.3 Å². The van der Waals surface area contributed by atoms with E-state index in [-0.39, 0.29) is 17.8 Å². The van der Waals surface area contributed by atoms with E-state index in [2.05, 4.69) is 0 Å². The number of hydrogen-bond donors (Lipinski definition) is 1. The number of phenolic OH excluding ortho intramolecular Hbond substituents is 1. The summed E-state index contributed by atoms with van der Waals surface area (Å²) in [5.41, 5.74) is 0.584. The van der Waals surface area contributed by atoms with Crippen molar-refractivity contribution in [3.63, 3.8) is 0 Å². The lowest BCUT2D eigenvalue weighted by molar-refractivity contribution is 0.0239. The number of fused-ring (bicyclic) bond motifs is 1. The molecule has 116 valence electrons. The third-order valence-electron chi connectivity index (χ3n) is 4.39. The van der Waals surface area contributed by atoms with Crippen molar-refractivity contribution in [3.05, 3.63) is 42.0 Å². The molecule has 3 heteroatoms. The highest BCUT2D eigenvalue weighted by atomic mass is 16.5. The van der Waals surface area contributed by atoms with Crippen LogP contribution < -0.4 is 0 Å². The van der Waals surface area contributed by atoms with Crippen molar-refractivity contribution in [2.24, 2.45) is 0 Å². The number of ether oxygens (including phenoxy) is 1. The van der Waals surface area contributed by atoms with Crippen molar-refractivity contribution < 1.29 is 14.6 Å². The van der Waals surface area contributed by atoms with Crippen LogP contribution >= 0.6 is 0 Å². The molecule has 0 atom stereocenters. The number of phenols is 1. The van der Waals surface area contributed by atoms with Crippen molar-refractivity contribution in [2.75, 3.05) is 0 Å². The summed E-state index contributed by atoms with van der Waals surface area (Å²) < 4.78 is 5.70. The molecule has 0 aromatic heterocycles. The van der Waals surface area contributed by atoms with E-state index >= 15 is 0 Å². The van der Waals surface area contributed by atoms with Gasteiger partial charge in [-0.3, -0.25) is 0 Å². The van der Waals surface area contributed by atoms with Gasteiger partial charge in [-0.1, -0.05) is 31.4 Å². The summed E-state index contributed by atoms with van der Waals surface area (Å²) in [5.74, 6) is -0.00195. The van der Waals surface area contributed by atoms with Crippen LogP contribution in [0.15, 0.2) is 36.4 Å². The highest BCUT2D eigenvalue weighted by molar-refractivity contribution is 5.95. The van der Waals surface area contributed by atoms with Crippen molar-refractivity contribution in [1.82, 2.24) is 0 Å². The Morgan fingerprint density at radius 3 is 2.32 bits per heavy atom. The second-order valence-electron chi connectivity index (χ2n) is 6.12. The smallest absolute Gasteiger partial charge is 0.338 e. The van der Waals surface area contributed by atoms with E-state index in [1.54, 1.807) is 18.2 Å². The maximum atomic E-state index is 12.4. The van der Waals surface area contributed by atoms with Crippen molar-refractivity contribution >= 4 is 16.7 Å². The Balaban J connectivity index is 1.72. The van der Waals surface area contributed by atoms with Gasteiger partial charge in [0.15, 0.2) is 0 Å². The number of hydrogen-bond acceptors (Lipinski definition) is 3. The zero-order valence-corrected chi connectivity index (χ0v) is 12.8. The fraction of sp³-hybridized carbons (Fsp3) is 0.421. The summed E-state index contributed by atoms with van der Waals surface area (Å²) in [6, 6.07) is 10.6. The van der Waals surface area contributed by atoms with Gasteiger partial charge in [-0.25, -0.2) is 4.79 Å². The Hall–Kier alpha value is -2.03. The van der Waals surface area contributed by atoms with Crippen LogP contribution in [-0.2, 0) is 4.74 Å². The number of benzene rings is 2. The summed E-state index contributed by atoms with van der Waals surface area (Å²) in [6.45, 7) is 0. The zero-order valence-electron chi connectivity index (χ0n) is 12.8. The van der Waals surface area contributed by atoms with Crippen LogP contribution in [0, 0.1) is 0 Å². The molecule has 0 amide bonds. The Kier molecular flexibility index (Phi) is 4.62. The molecule has 2 aromatic rings. The lowest BCUT2D eigenvalue weighted by atomic mass is 9.98. The number of rotatable bonds is 2. The molecule has 3 rings (SSSR count). The number of carbonyl (C=O) groups is 1. The predicted molar refractivity (Wildman–Crippen MR) is 87.1 cm³/mol. The van der Waals surface area contributed by atoms with E-state index in [4.69, 9.17) is 4.74 Å². The Morgan fingerprint density at radius 2 is 1.55 bits per heavy atom. The van der Waals surface area contributed by atoms with Gasteiger partial charge in [0.2, 0.25) is 0 Å². The van der Waals surface area contributed by atoms with E-state index in [0.717, 1.165) is 36.5 Å². The minimum absolute atomic E-state index is 0.0586. The number of aromatic hydroxyl groups is 1. The maximum absolute atomic E-state index is 12.4. The first-order valence-electron chi connectivity index (χ1n) is 8.16. The summed E-state index contributed by atoms with van der Waals surface area (Å²) >= 11 is 0. The molecule has 0 saturated heterocycles. The molecule has 0 radical (unpaired) electrons. The third-order valence-corrected chi connectivity index (χ3v) is 4.39. The Labute approximate surface area is 130 Å². The first-order valence-corrected chi connectivity index (χ1v) is 8.16. The van der Waals surface area contributed by atoms with Crippen LogP contribution in [-0.4, -0.2) is 17.2 Å². The largest absolute Gasteiger partial charge is 0.508 e. The van der Waals surface area contributed by atoms with E-state index in [0.29, 0.717) is 5.56 Å². The first-order chi connectivity index (χ1) is 10.7. The van der Waals surface area contributed by atoms with E-state index < -0.39 is 0 Å². The standard InChI is InChI=1S/C19H22O3/c20-17-11-10-14-12-16(9-8-15(14)13-17)19(21)22-18-6-4-2-1-3-5-7-18/h8-13,18,20H,1-7H2. The second-order valence-corrected chi connectivity index (χ2v) is 6.12. The molecular formula is C19H22O3. The van der Waals surface area contributed by atoms with Gasteiger partial charge < -0.3 is 9.84 Å². The molecule has 0 aliphatic heterocycles. The zero-order chi connectivity index (χ0) is 15.4. The van der Waals surface area contributed by atoms with Crippen molar-refractivity contribution in [2.45, 2.75) is 51.0 Å². The van der Waals surface area contributed by atoms with Gasteiger partial charge in [-0.05, 0) is 60.7 Å². The monoisotopic (exact) mass is 298 g/mol. The highest BCUT2D eigenvalue weighted by Gasteiger charge is 2.17. The Morgan fingerprint density at radius 1 is 0.909 bits per heavy atom. The molecule has 1 N–H and O–H groups in total. The van der Waals surface area contributed by atoms with Gasteiger partial charge in [-0.15, -0.1) is 0 Å². The lowest BCUT2D eigenvalue weighted by Gasteiger charge is -2.20. The third kappa shape index (κ3) is 3.59. The summed E-state index contributed by atoms with van der Waals surface area (Å²) in [7, 11) is 0. The average Bonchev–Trinajstić information content (AvgIpc) is 2.49. The van der Waals surface area contributed by atoms with E-state index in [1.807, 2.05) is 18.2 Å². The van der Waals surface area contributed by atoms with Crippen LogP contribution in [0.1, 0.15) is 55.3 Å². The summed E-state index contributed by atoms with van der Waals surface area (Å²) in [6.07, 6.45) is 8.10. The van der Waals surface area contributed by atoms with Gasteiger partial charge in [0.1, 0.15) is 11.9 Å². The molecule has 1 saturated carbocycles. The first kappa shape index (κ1) is 14.9. The molecule has 1 fully saturated rings. The normalized spacial score (nSPS) is 16.9. The minimum atomic E-state index is -0.236.